The molecule has 4 heterocycles. The summed E-state index contributed by atoms with van der Waals surface area (Å²) >= 11 is 0. The van der Waals surface area contributed by atoms with Gasteiger partial charge in [0.2, 0.25) is 6.79 Å². The zero-order valence-corrected chi connectivity index (χ0v) is 15.9. The fraction of sp³-hybridized carbons (Fsp3) is 0.421. The second-order valence-electron chi connectivity index (χ2n) is 7.07. The normalized spacial score (nSPS) is 18.2. The molecule has 2 aliphatic heterocycles. The van der Waals surface area contributed by atoms with Crippen LogP contribution in [0.5, 0.6) is 11.5 Å². The molecule has 1 unspecified atom stereocenters. The lowest BCUT2D eigenvalue weighted by Gasteiger charge is -2.32. The van der Waals surface area contributed by atoms with E-state index in [1.165, 1.54) is 0 Å². The van der Waals surface area contributed by atoms with Crippen molar-refractivity contribution in [2.45, 2.75) is 32.2 Å². The van der Waals surface area contributed by atoms with Crippen LogP contribution in [-0.2, 0) is 6.42 Å². The topological polar surface area (TPSA) is 108 Å². The standard InChI is InChI=1S/C19H20N6O4/c1-2-17-20-18(29-22-17)14-10-25(23-21-14)13-4-3-7-24(9-13)19(26)12-5-6-15-16(8-12)28-11-27-15/h5-6,8,10,13H,2-4,7,9,11H2,1H3. The Balaban J connectivity index is 1.31. The highest BCUT2D eigenvalue weighted by Crippen LogP contribution is 2.33. The molecule has 0 radical (unpaired) electrons. The van der Waals surface area contributed by atoms with Crippen molar-refractivity contribution in [3.05, 3.63) is 35.8 Å². The molecule has 2 aromatic heterocycles. The number of hydrogen-bond donors (Lipinski definition) is 0. The summed E-state index contributed by atoms with van der Waals surface area (Å²) in [5, 5.41) is 12.3. The van der Waals surface area contributed by atoms with Crippen molar-refractivity contribution in [1.82, 2.24) is 30.0 Å². The van der Waals surface area contributed by atoms with E-state index in [-0.39, 0.29) is 18.7 Å². The number of aromatic nitrogens is 5. The molecule has 1 atom stereocenters. The molecule has 0 saturated carbocycles. The van der Waals surface area contributed by atoms with Crippen molar-refractivity contribution in [3.63, 3.8) is 0 Å². The average molecular weight is 396 g/mol. The van der Waals surface area contributed by atoms with Gasteiger partial charge in [-0.25, -0.2) is 4.68 Å². The van der Waals surface area contributed by atoms with Crippen molar-refractivity contribution in [2.24, 2.45) is 0 Å². The van der Waals surface area contributed by atoms with Gasteiger partial charge in [-0.2, -0.15) is 4.98 Å². The summed E-state index contributed by atoms with van der Waals surface area (Å²) in [5.74, 6) is 2.24. The number of piperidine rings is 1. The number of rotatable bonds is 4. The first kappa shape index (κ1) is 17.7. The molecule has 0 bridgehead atoms. The van der Waals surface area contributed by atoms with E-state index < -0.39 is 0 Å². The smallest absolute Gasteiger partial charge is 0.280 e. The average Bonchev–Trinajstić information content (AvgIpc) is 3.52. The number of amides is 1. The van der Waals surface area contributed by atoms with Gasteiger partial charge in [0.05, 0.1) is 12.2 Å². The van der Waals surface area contributed by atoms with Crippen LogP contribution in [0.15, 0.2) is 28.9 Å². The molecule has 10 nitrogen and oxygen atoms in total. The molecule has 1 aromatic carbocycles. The second kappa shape index (κ2) is 7.19. The van der Waals surface area contributed by atoms with Gasteiger partial charge in [0, 0.05) is 25.1 Å². The number of ether oxygens (including phenoxy) is 2. The minimum Gasteiger partial charge on any atom is -0.454 e. The Morgan fingerprint density at radius 1 is 1.28 bits per heavy atom. The lowest BCUT2D eigenvalue weighted by atomic mass is 10.0. The zero-order chi connectivity index (χ0) is 19.8. The molecule has 1 saturated heterocycles. The van der Waals surface area contributed by atoms with Crippen LogP contribution < -0.4 is 9.47 Å². The fourth-order valence-corrected chi connectivity index (χ4v) is 3.62. The number of carbonyl (C=O) groups is 1. The molecule has 0 spiro atoms. The molecule has 1 amide bonds. The van der Waals surface area contributed by atoms with Crippen molar-refractivity contribution in [3.8, 4) is 23.1 Å². The molecule has 1 fully saturated rings. The first-order valence-corrected chi connectivity index (χ1v) is 9.65. The van der Waals surface area contributed by atoms with E-state index in [2.05, 4.69) is 20.5 Å². The van der Waals surface area contributed by atoms with Gasteiger partial charge >= 0.3 is 0 Å². The Hall–Kier alpha value is -3.43. The third-order valence-corrected chi connectivity index (χ3v) is 5.19. The molecule has 0 aliphatic carbocycles. The van der Waals surface area contributed by atoms with Gasteiger partial charge in [0.25, 0.3) is 11.8 Å². The third-order valence-electron chi connectivity index (χ3n) is 5.19. The Kier molecular flexibility index (Phi) is 4.38. The lowest BCUT2D eigenvalue weighted by Crippen LogP contribution is -2.40. The van der Waals surface area contributed by atoms with E-state index >= 15 is 0 Å². The summed E-state index contributed by atoms with van der Waals surface area (Å²) in [4.78, 5) is 19.1. The summed E-state index contributed by atoms with van der Waals surface area (Å²) in [6.45, 7) is 3.40. The van der Waals surface area contributed by atoms with Crippen LogP contribution in [0.4, 0.5) is 0 Å². The SMILES string of the molecule is CCc1noc(-c2cn(C3CCCN(C(=O)c4ccc5c(c4)OCO5)C3)nn2)n1. The molecular weight excluding hydrogens is 376 g/mol. The van der Waals surface area contributed by atoms with Crippen LogP contribution in [0, 0.1) is 0 Å². The summed E-state index contributed by atoms with van der Waals surface area (Å²) in [6, 6.07) is 5.32. The van der Waals surface area contributed by atoms with E-state index in [0.717, 1.165) is 12.8 Å². The molecule has 29 heavy (non-hydrogen) atoms. The van der Waals surface area contributed by atoms with Crippen molar-refractivity contribution < 1.29 is 18.8 Å². The monoisotopic (exact) mass is 396 g/mol. The maximum atomic E-state index is 13.0. The first-order valence-electron chi connectivity index (χ1n) is 9.65. The highest BCUT2D eigenvalue weighted by atomic mass is 16.7. The van der Waals surface area contributed by atoms with E-state index in [9.17, 15) is 4.79 Å². The minimum absolute atomic E-state index is 0.0298. The lowest BCUT2D eigenvalue weighted by molar-refractivity contribution is 0.0671. The fourth-order valence-electron chi connectivity index (χ4n) is 3.62. The second-order valence-corrected chi connectivity index (χ2v) is 7.07. The highest BCUT2D eigenvalue weighted by Gasteiger charge is 2.28. The predicted molar refractivity (Wildman–Crippen MR) is 99.4 cm³/mol. The van der Waals surface area contributed by atoms with Crippen molar-refractivity contribution >= 4 is 5.91 Å². The predicted octanol–water partition coefficient (Wildman–Crippen LogP) is 2.10. The number of aryl methyl sites for hydroxylation is 1. The quantitative estimate of drug-likeness (QED) is 0.660. The van der Waals surface area contributed by atoms with Crippen LogP contribution in [0.3, 0.4) is 0 Å². The van der Waals surface area contributed by atoms with E-state index in [4.69, 9.17) is 14.0 Å². The maximum absolute atomic E-state index is 13.0. The number of likely N-dealkylation sites (tertiary alicyclic amines) is 1. The number of fused-ring (bicyclic) bond motifs is 1. The number of hydrogen-bond acceptors (Lipinski definition) is 8. The summed E-state index contributed by atoms with van der Waals surface area (Å²) in [6.07, 6.45) is 4.29. The molecular formula is C19H20N6O4. The summed E-state index contributed by atoms with van der Waals surface area (Å²) in [7, 11) is 0. The van der Waals surface area contributed by atoms with Gasteiger partial charge in [0.15, 0.2) is 23.0 Å². The Morgan fingerprint density at radius 2 is 2.17 bits per heavy atom. The largest absolute Gasteiger partial charge is 0.454 e. The van der Waals surface area contributed by atoms with Gasteiger partial charge in [-0.15, -0.1) is 5.10 Å². The van der Waals surface area contributed by atoms with Crippen LogP contribution >= 0.6 is 0 Å². The van der Waals surface area contributed by atoms with Crippen LogP contribution in [-0.4, -0.2) is 55.8 Å². The Morgan fingerprint density at radius 3 is 3.03 bits per heavy atom. The summed E-state index contributed by atoms with van der Waals surface area (Å²) in [5.41, 5.74) is 1.13. The molecule has 2 aliphatic rings. The van der Waals surface area contributed by atoms with Gasteiger partial charge in [-0.05, 0) is 31.0 Å². The molecule has 5 rings (SSSR count). The van der Waals surface area contributed by atoms with E-state index in [0.29, 0.717) is 54.0 Å². The highest BCUT2D eigenvalue weighted by molar-refractivity contribution is 5.95. The van der Waals surface area contributed by atoms with Gasteiger partial charge < -0.3 is 18.9 Å². The first-order chi connectivity index (χ1) is 14.2. The van der Waals surface area contributed by atoms with Crippen molar-refractivity contribution in [1.29, 1.82) is 0 Å². The van der Waals surface area contributed by atoms with Crippen LogP contribution in [0.2, 0.25) is 0 Å². The van der Waals surface area contributed by atoms with Gasteiger partial charge in [0.1, 0.15) is 0 Å². The van der Waals surface area contributed by atoms with Gasteiger partial charge in [-0.1, -0.05) is 17.3 Å². The van der Waals surface area contributed by atoms with Crippen LogP contribution in [0.25, 0.3) is 11.6 Å². The van der Waals surface area contributed by atoms with E-state index in [1.807, 2.05) is 11.8 Å². The Labute approximate surface area is 166 Å². The number of nitrogens with zero attached hydrogens (tertiary/aromatic N) is 6. The third kappa shape index (κ3) is 3.30. The molecule has 0 N–H and O–H groups in total. The summed E-state index contributed by atoms with van der Waals surface area (Å²) < 4.78 is 17.7. The van der Waals surface area contributed by atoms with Crippen LogP contribution in [0.1, 0.15) is 42.0 Å². The molecule has 150 valence electrons. The van der Waals surface area contributed by atoms with E-state index in [1.54, 1.807) is 29.1 Å². The van der Waals surface area contributed by atoms with Crippen molar-refractivity contribution in [2.75, 3.05) is 19.9 Å². The maximum Gasteiger partial charge on any atom is 0.280 e. The number of benzene rings is 1. The van der Waals surface area contributed by atoms with Gasteiger partial charge in [-0.3, -0.25) is 4.79 Å². The minimum atomic E-state index is -0.0298. The Bertz CT molecular complexity index is 1050. The zero-order valence-electron chi connectivity index (χ0n) is 15.9. The molecule has 3 aromatic rings. The number of carbonyl (C=O) groups excluding carboxylic acids is 1. The molecule has 10 heteroatoms.